The Hall–Kier alpha value is -5.53. The molecule has 0 amide bonds. The average molecular weight is 548 g/mol. The molecule has 6 aromatic carbocycles. The van der Waals surface area contributed by atoms with Crippen molar-refractivity contribution in [1.29, 1.82) is 0 Å². The van der Waals surface area contributed by atoms with Crippen LogP contribution in [-0.4, -0.2) is 4.98 Å². The second kappa shape index (κ2) is 10.4. The summed E-state index contributed by atoms with van der Waals surface area (Å²) >= 11 is 0. The summed E-state index contributed by atoms with van der Waals surface area (Å²) in [5, 5.41) is 0. The monoisotopic (exact) mass is 547 g/mol. The van der Waals surface area contributed by atoms with Crippen LogP contribution < -0.4 is 0 Å². The van der Waals surface area contributed by atoms with E-state index in [1.54, 1.807) is 0 Å². The van der Waals surface area contributed by atoms with E-state index in [-0.39, 0.29) is 0 Å². The van der Waals surface area contributed by atoms with E-state index in [0.29, 0.717) is 0 Å². The van der Waals surface area contributed by atoms with Crippen LogP contribution in [0.3, 0.4) is 0 Å². The highest BCUT2D eigenvalue weighted by molar-refractivity contribution is 6.01. The zero-order valence-corrected chi connectivity index (χ0v) is 23.7. The molecule has 8 rings (SSSR count). The van der Waals surface area contributed by atoms with Gasteiger partial charge in [-0.1, -0.05) is 158 Å². The highest BCUT2D eigenvalue weighted by Gasteiger charge is 2.48. The van der Waals surface area contributed by atoms with E-state index in [9.17, 15) is 0 Å². The fourth-order valence-corrected chi connectivity index (χ4v) is 7.12. The molecule has 7 aromatic rings. The van der Waals surface area contributed by atoms with Crippen molar-refractivity contribution in [1.82, 2.24) is 4.98 Å². The summed E-state index contributed by atoms with van der Waals surface area (Å²) in [6, 6.07) is 61.4. The minimum absolute atomic E-state index is 0.522. The van der Waals surface area contributed by atoms with Gasteiger partial charge in [-0.25, -0.2) is 0 Å². The van der Waals surface area contributed by atoms with Crippen molar-refractivity contribution in [3.8, 4) is 44.6 Å². The van der Waals surface area contributed by atoms with Crippen LogP contribution >= 0.6 is 0 Å². The van der Waals surface area contributed by atoms with E-state index < -0.39 is 5.41 Å². The average Bonchev–Trinajstić information content (AvgIpc) is 3.42. The van der Waals surface area contributed by atoms with E-state index in [4.69, 9.17) is 4.98 Å². The molecule has 0 bridgehead atoms. The third kappa shape index (κ3) is 3.90. The van der Waals surface area contributed by atoms with Gasteiger partial charge in [0.25, 0.3) is 0 Å². The molecular formula is C42H29N. The van der Waals surface area contributed by atoms with Crippen LogP contribution in [0.2, 0.25) is 0 Å². The molecule has 1 nitrogen and oxygen atoms in total. The molecule has 1 aromatic heterocycles. The number of rotatable bonds is 5. The first-order valence-corrected chi connectivity index (χ1v) is 14.8. The highest BCUT2D eigenvalue weighted by Crippen LogP contribution is 2.61. The Balaban J connectivity index is 1.58. The fourth-order valence-electron chi connectivity index (χ4n) is 7.12. The molecule has 1 heterocycles. The molecule has 0 N–H and O–H groups in total. The SMILES string of the molecule is c1ccc(-c2ccc(-c3ccccc3-c3ccccn3)c3c2-c2ccccc2C3(c2ccccc2)c2ccccc2)cc1. The lowest BCUT2D eigenvalue weighted by atomic mass is 9.65. The number of hydrogen-bond donors (Lipinski definition) is 0. The molecule has 0 fully saturated rings. The van der Waals surface area contributed by atoms with Crippen molar-refractivity contribution in [2.45, 2.75) is 5.41 Å². The fraction of sp³-hybridized carbons (Fsp3) is 0.0238. The second-order valence-electron chi connectivity index (χ2n) is 11.1. The minimum Gasteiger partial charge on any atom is -0.256 e. The summed E-state index contributed by atoms with van der Waals surface area (Å²) in [4.78, 5) is 4.79. The Morgan fingerprint density at radius 3 is 1.56 bits per heavy atom. The summed E-state index contributed by atoms with van der Waals surface area (Å²) in [5.41, 5.74) is 14.2. The Bertz CT molecular complexity index is 2010. The maximum atomic E-state index is 4.79. The summed E-state index contributed by atoms with van der Waals surface area (Å²) in [6.07, 6.45) is 1.88. The zero-order chi connectivity index (χ0) is 28.6. The maximum Gasteiger partial charge on any atom is 0.0719 e. The third-order valence-corrected chi connectivity index (χ3v) is 8.84. The molecule has 1 heteroatoms. The first-order valence-electron chi connectivity index (χ1n) is 14.8. The third-order valence-electron chi connectivity index (χ3n) is 8.84. The Labute approximate surface area is 252 Å². The first kappa shape index (κ1) is 25.2. The predicted octanol–water partition coefficient (Wildman–Crippen LogP) is 10.4. The van der Waals surface area contributed by atoms with E-state index in [2.05, 4.69) is 164 Å². The van der Waals surface area contributed by atoms with E-state index in [0.717, 1.165) is 11.3 Å². The molecule has 0 aliphatic heterocycles. The molecule has 43 heavy (non-hydrogen) atoms. The smallest absolute Gasteiger partial charge is 0.0719 e. The van der Waals surface area contributed by atoms with Crippen molar-refractivity contribution in [2.75, 3.05) is 0 Å². The number of aromatic nitrogens is 1. The number of hydrogen-bond acceptors (Lipinski definition) is 1. The summed E-state index contributed by atoms with van der Waals surface area (Å²) in [7, 11) is 0. The molecule has 1 aliphatic carbocycles. The van der Waals surface area contributed by atoms with Gasteiger partial charge in [-0.15, -0.1) is 0 Å². The molecule has 0 spiro atoms. The van der Waals surface area contributed by atoms with Gasteiger partial charge in [0.2, 0.25) is 0 Å². The van der Waals surface area contributed by atoms with Gasteiger partial charge >= 0.3 is 0 Å². The Morgan fingerprint density at radius 1 is 0.372 bits per heavy atom. The van der Waals surface area contributed by atoms with Gasteiger partial charge in [0, 0.05) is 11.8 Å². The van der Waals surface area contributed by atoms with Gasteiger partial charge in [0.15, 0.2) is 0 Å². The van der Waals surface area contributed by atoms with Crippen molar-refractivity contribution in [2.24, 2.45) is 0 Å². The van der Waals surface area contributed by atoms with Gasteiger partial charge in [-0.2, -0.15) is 0 Å². The summed E-state index contributed by atoms with van der Waals surface area (Å²) in [5.74, 6) is 0. The molecule has 0 saturated carbocycles. The lowest BCUT2D eigenvalue weighted by Gasteiger charge is -2.35. The van der Waals surface area contributed by atoms with Crippen molar-refractivity contribution >= 4 is 0 Å². The van der Waals surface area contributed by atoms with Gasteiger partial charge in [-0.05, 0) is 67.8 Å². The topological polar surface area (TPSA) is 12.9 Å². The second-order valence-corrected chi connectivity index (χ2v) is 11.1. The first-order chi connectivity index (χ1) is 21.4. The highest BCUT2D eigenvalue weighted by atomic mass is 14.7. The van der Waals surface area contributed by atoms with Crippen molar-refractivity contribution in [3.05, 3.63) is 198 Å². The zero-order valence-electron chi connectivity index (χ0n) is 23.7. The van der Waals surface area contributed by atoms with Gasteiger partial charge in [-0.3, -0.25) is 4.98 Å². The minimum atomic E-state index is -0.522. The molecule has 0 saturated heterocycles. The molecule has 1 aliphatic rings. The van der Waals surface area contributed by atoms with E-state index >= 15 is 0 Å². The van der Waals surface area contributed by atoms with Crippen LogP contribution in [0.25, 0.3) is 44.6 Å². The molecule has 0 atom stereocenters. The number of nitrogens with zero attached hydrogens (tertiary/aromatic N) is 1. The maximum absolute atomic E-state index is 4.79. The number of pyridine rings is 1. The quantitative estimate of drug-likeness (QED) is 0.209. The van der Waals surface area contributed by atoms with Gasteiger partial charge in [0.1, 0.15) is 0 Å². The number of fused-ring (bicyclic) bond motifs is 3. The standard InChI is InChI=1S/C42H29N/c1-4-16-30(17-5-1)33-27-28-36(34-22-10-11-23-35(34)39-26-14-15-29-43-39)41-40(33)37-24-12-13-25-38(37)42(41,31-18-6-2-7-19-31)32-20-8-3-9-21-32/h1-29H. The normalized spacial score (nSPS) is 12.8. The lowest BCUT2D eigenvalue weighted by Crippen LogP contribution is -2.29. The molecule has 0 radical (unpaired) electrons. The molecular weight excluding hydrogens is 518 g/mol. The van der Waals surface area contributed by atoms with Crippen LogP contribution in [0.1, 0.15) is 22.3 Å². The van der Waals surface area contributed by atoms with Gasteiger partial charge in [0.05, 0.1) is 11.1 Å². The van der Waals surface area contributed by atoms with Crippen molar-refractivity contribution in [3.63, 3.8) is 0 Å². The summed E-state index contributed by atoms with van der Waals surface area (Å²) < 4.78 is 0. The largest absolute Gasteiger partial charge is 0.256 e. The van der Waals surface area contributed by atoms with Crippen LogP contribution in [0.4, 0.5) is 0 Å². The van der Waals surface area contributed by atoms with Crippen LogP contribution in [-0.2, 0) is 5.41 Å². The summed E-state index contributed by atoms with van der Waals surface area (Å²) in [6.45, 7) is 0. The van der Waals surface area contributed by atoms with Crippen LogP contribution in [0.15, 0.2) is 176 Å². The van der Waals surface area contributed by atoms with Crippen LogP contribution in [0.5, 0.6) is 0 Å². The molecule has 202 valence electrons. The Morgan fingerprint density at radius 2 is 0.907 bits per heavy atom. The predicted molar refractivity (Wildman–Crippen MR) is 178 cm³/mol. The van der Waals surface area contributed by atoms with E-state index in [1.807, 2.05) is 12.3 Å². The van der Waals surface area contributed by atoms with E-state index in [1.165, 1.54) is 55.6 Å². The van der Waals surface area contributed by atoms with Gasteiger partial charge < -0.3 is 0 Å². The molecule has 0 unspecified atom stereocenters. The lowest BCUT2D eigenvalue weighted by molar-refractivity contribution is 0.770. The van der Waals surface area contributed by atoms with Crippen molar-refractivity contribution < 1.29 is 0 Å². The number of benzene rings is 6. The Kier molecular flexibility index (Phi) is 6.09. The van der Waals surface area contributed by atoms with Crippen LogP contribution in [0, 0.1) is 0 Å².